The lowest BCUT2D eigenvalue weighted by Gasteiger charge is -2.18. The number of hydrogen-bond acceptors (Lipinski definition) is 4. The first kappa shape index (κ1) is 11.4. The Morgan fingerprint density at radius 2 is 2.12 bits per heavy atom. The third-order valence-electron chi connectivity index (χ3n) is 2.63. The first-order chi connectivity index (χ1) is 8.06. The van der Waals surface area contributed by atoms with E-state index in [1.54, 1.807) is 25.1 Å². The Hall–Kier alpha value is -2.08. The minimum Gasteiger partial charge on any atom is -0.399 e. The van der Waals surface area contributed by atoms with Crippen molar-refractivity contribution in [3.8, 4) is 0 Å². The van der Waals surface area contributed by atoms with Crippen LogP contribution >= 0.6 is 0 Å². The zero-order valence-corrected chi connectivity index (χ0v) is 9.33. The summed E-state index contributed by atoms with van der Waals surface area (Å²) in [5.41, 5.74) is 6.47. The average molecular weight is 235 g/mol. The number of nitrogen functional groups attached to an aromatic ring is 1. The number of nitrogens with two attached hydrogens (primary N) is 1. The topological polar surface area (TPSA) is 86.9 Å². The molecule has 0 aromatic heterocycles. The molecule has 1 atom stereocenters. The van der Waals surface area contributed by atoms with Crippen LogP contribution in [-0.4, -0.2) is 34.7 Å². The Kier molecular flexibility index (Phi) is 2.72. The highest BCUT2D eigenvalue weighted by atomic mass is 16.3. The van der Waals surface area contributed by atoms with E-state index in [4.69, 9.17) is 5.73 Å². The van der Waals surface area contributed by atoms with Crippen molar-refractivity contribution in [2.45, 2.75) is 13.2 Å². The van der Waals surface area contributed by atoms with Crippen molar-refractivity contribution in [2.24, 2.45) is 0 Å². The van der Waals surface area contributed by atoms with E-state index in [1.165, 1.54) is 6.07 Å². The lowest BCUT2D eigenvalue weighted by atomic mass is 10.2. The van der Waals surface area contributed by atoms with E-state index in [0.29, 0.717) is 11.4 Å². The molecule has 6 heteroatoms. The number of aliphatic hydroxyl groups is 1. The summed E-state index contributed by atoms with van der Waals surface area (Å²) in [5, 5.41) is 9.75. The number of carbonyl (C=O) groups excluding carboxylic acids is 2. The number of imide groups is 1. The molecule has 0 aliphatic carbocycles. The van der Waals surface area contributed by atoms with Crippen molar-refractivity contribution >= 4 is 23.3 Å². The number of rotatable bonds is 2. The van der Waals surface area contributed by atoms with E-state index >= 15 is 0 Å². The van der Waals surface area contributed by atoms with Gasteiger partial charge in [-0.3, -0.25) is 14.6 Å². The maximum atomic E-state index is 11.9. The molecule has 1 heterocycles. The Morgan fingerprint density at radius 3 is 2.65 bits per heavy atom. The fourth-order valence-corrected chi connectivity index (χ4v) is 1.80. The zero-order chi connectivity index (χ0) is 12.6. The van der Waals surface area contributed by atoms with Crippen molar-refractivity contribution in [1.29, 1.82) is 0 Å². The molecular formula is C11H13N3O3. The lowest BCUT2D eigenvalue weighted by Crippen LogP contribution is -2.35. The third-order valence-corrected chi connectivity index (χ3v) is 2.63. The van der Waals surface area contributed by atoms with Crippen molar-refractivity contribution < 1.29 is 14.7 Å². The summed E-state index contributed by atoms with van der Waals surface area (Å²) in [5.74, 6) is -0.611. The van der Waals surface area contributed by atoms with Crippen LogP contribution in [0.25, 0.3) is 0 Å². The fourth-order valence-electron chi connectivity index (χ4n) is 1.80. The van der Waals surface area contributed by atoms with E-state index in [-0.39, 0.29) is 6.54 Å². The number of aliphatic hydroxyl groups excluding tert-OH is 1. The van der Waals surface area contributed by atoms with Crippen molar-refractivity contribution in [2.75, 3.05) is 17.2 Å². The van der Waals surface area contributed by atoms with Crippen LogP contribution in [0.15, 0.2) is 24.3 Å². The van der Waals surface area contributed by atoms with Gasteiger partial charge in [-0.2, -0.15) is 0 Å². The standard InChI is InChI=1S/C11H13N3O3/c1-2-13-9(15)10(16)14(11(13)17)8-5-3-4-7(12)6-8/h3-6,10,16H,2,12H2,1H3. The third kappa shape index (κ3) is 1.72. The molecule has 0 radical (unpaired) electrons. The van der Waals surface area contributed by atoms with Gasteiger partial charge in [0.25, 0.3) is 5.91 Å². The van der Waals surface area contributed by atoms with E-state index in [2.05, 4.69) is 0 Å². The second kappa shape index (κ2) is 4.06. The molecular weight excluding hydrogens is 222 g/mol. The quantitative estimate of drug-likeness (QED) is 0.573. The fraction of sp³-hybridized carbons (Fsp3) is 0.273. The molecule has 17 heavy (non-hydrogen) atoms. The molecule has 3 amide bonds. The molecule has 2 rings (SSSR count). The predicted molar refractivity (Wildman–Crippen MR) is 62.1 cm³/mol. The van der Waals surface area contributed by atoms with Gasteiger partial charge in [0.05, 0.1) is 5.69 Å². The van der Waals surface area contributed by atoms with Gasteiger partial charge in [0, 0.05) is 12.2 Å². The molecule has 1 fully saturated rings. The molecule has 1 aliphatic rings. The molecule has 0 bridgehead atoms. The largest absolute Gasteiger partial charge is 0.399 e. The van der Waals surface area contributed by atoms with E-state index in [0.717, 1.165) is 9.80 Å². The Morgan fingerprint density at radius 1 is 1.41 bits per heavy atom. The molecule has 3 N–H and O–H groups in total. The molecule has 1 aromatic rings. The van der Waals surface area contributed by atoms with Gasteiger partial charge in [-0.05, 0) is 25.1 Å². The monoisotopic (exact) mass is 235 g/mol. The average Bonchev–Trinajstić information content (AvgIpc) is 2.50. The number of amides is 3. The van der Waals surface area contributed by atoms with Crippen LogP contribution in [0, 0.1) is 0 Å². The number of benzene rings is 1. The summed E-state index contributed by atoms with van der Waals surface area (Å²) >= 11 is 0. The predicted octanol–water partition coefficient (Wildman–Crippen LogP) is 0.376. The number of anilines is 2. The number of carbonyl (C=O) groups is 2. The van der Waals surface area contributed by atoms with Crippen molar-refractivity contribution in [3.05, 3.63) is 24.3 Å². The summed E-state index contributed by atoms with van der Waals surface area (Å²) < 4.78 is 0. The molecule has 1 unspecified atom stereocenters. The molecule has 0 spiro atoms. The SMILES string of the molecule is CCN1C(=O)C(O)N(c2cccc(N)c2)C1=O. The van der Waals surface area contributed by atoms with Gasteiger partial charge in [0.1, 0.15) is 0 Å². The minimum atomic E-state index is -1.47. The van der Waals surface area contributed by atoms with Crippen LogP contribution in [0.3, 0.4) is 0 Å². The Balaban J connectivity index is 2.40. The normalized spacial score (nSPS) is 20.2. The molecule has 1 aromatic carbocycles. The highest BCUT2D eigenvalue weighted by Gasteiger charge is 2.44. The summed E-state index contributed by atoms with van der Waals surface area (Å²) in [4.78, 5) is 25.5. The summed E-state index contributed by atoms with van der Waals surface area (Å²) in [7, 11) is 0. The van der Waals surface area contributed by atoms with Crippen LogP contribution in [0.1, 0.15) is 6.92 Å². The van der Waals surface area contributed by atoms with E-state index in [1.807, 2.05) is 0 Å². The van der Waals surface area contributed by atoms with E-state index in [9.17, 15) is 14.7 Å². The molecule has 0 saturated carbocycles. The maximum absolute atomic E-state index is 11.9. The van der Waals surface area contributed by atoms with Crippen LogP contribution in [0.4, 0.5) is 16.2 Å². The van der Waals surface area contributed by atoms with Gasteiger partial charge in [-0.15, -0.1) is 0 Å². The highest BCUT2D eigenvalue weighted by molar-refractivity contribution is 6.13. The number of hydrogen-bond donors (Lipinski definition) is 2. The first-order valence-corrected chi connectivity index (χ1v) is 5.24. The van der Waals surface area contributed by atoms with Gasteiger partial charge in [0.2, 0.25) is 6.23 Å². The smallest absolute Gasteiger partial charge is 0.333 e. The highest BCUT2D eigenvalue weighted by Crippen LogP contribution is 2.25. The maximum Gasteiger partial charge on any atom is 0.333 e. The number of likely N-dealkylation sites (N-methyl/N-ethyl adjacent to an activating group) is 1. The van der Waals surface area contributed by atoms with Gasteiger partial charge < -0.3 is 10.8 Å². The van der Waals surface area contributed by atoms with Crippen LogP contribution in [-0.2, 0) is 4.79 Å². The van der Waals surface area contributed by atoms with Gasteiger partial charge in [-0.1, -0.05) is 6.07 Å². The van der Waals surface area contributed by atoms with Crippen LogP contribution < -0.4 is 10.6 Å². The Bertz CT molecular complexity index is 475. The molecule has 90 valence electrons. The van der Waals surface area contributed by atoms with Gasteiger partial charge in [-0.25, -0.2) is 4.79 Å². The van der Waals surface area contributed by atoms with Gasteiger partial charge >= 0.3 is 6.03 Å². The minimum absolute atomic E-state index is 0.230. The number of nitrogens with zero attached hydrogens (tertiary/aromatic N) is 2. The summed E-state index contributed by atoms with van der Waals surface area (Å²) in [6.07, 6.45) is -1.47. The summed E-state index contributed by atoms with van der Waals surface area (Å²) in [6, 6.07) is 5.94. The van der Waals surface area contributed by atoms with Crippen LogP contribution in [0.2, 0.25) is 0 Å². The zero-order valence-electron chi connectivity index (χ0n) is 9.33. The number of urea groups is 1. The van der Waals surface area contributed by atoms with E-state index < -0.39 is 18.2 Å². The second-order valence-corrected chi connectivity index (χ2v) is 3.70. The van der Waals surface area contributed by atoms with Crippen molar-refractivity contribution in [1.82, 2.24) is 4.90 Å². The second-order valence-electron chi connectivity index (χ2n) is 3.70. The molecule has 6 nitrogen and oxygen atoms in total. The Labute approximate surface area is 98.2 Å². The van der Waals surface area contributed by atoms with Crippen LogP contribution in [0.5, 0.6) is 0 Å². The molecule has 1 aliphatic heterocycles. The molecule has 1 saturated heterocycles. The van der Waals surface area contributed by atoms with Crippen molar-refractivity contribution in [3.63, 3.8) is 0 Å². The van der Waals surface area contributed by atoms with Gasteiger partial charge in [0.15, 0.2) is 0 Å². The lowest BCUT2D eigenvalue weighted by molar-refractivity contribution is -0.133. The summed E-state index contributed by atoms with van der Waals surface area (Å²) in [6.45, 7) is 1.90. The first-order valence-electron chi connectivity index (χ1n) is 5.24.